The zero-order valence-electron chi connectivity index (χ0n) is 10.0. The van der Waals surface area contributed by atoms with Gasteiger partial charge in [-0.2, -0.15) is 16.9 Å². The highest BCUT2D eigenvalue weighted by Crippen LogP contribution is 2.04. The van der Waals surface area contributed by atoms with Crippen molar-refractivity contribution in [1.29, 1.82) is 0 Å². The molecule has 1 atom stereocenters. The van der Waals surface area contributed by atoms with Crippen molar-refractivity contribution in [3.8, 4) is 0 Å². The summed E-state index contributed by atoms with van der Waals surface area (Å²) >= 11 is 1.80. The number of nitrogens with zero attached hydrogens (tertiary/aromatic N) is 2. The van der Waals surface area contributed by atoms with E-state index >= 15 is 0 Å². The molecule has 0 saturated heterocycles. The van der Waals surface area contributed by atoms with Crippen LogP contribution in [0.2, 0.25) is 0 Å². The third-order valence-electron chi connectivity index (χ3n) is 2.45. The molecule has 1 aromatic rings. The second kappa shape index (κ2) is 7.70. The number of hydrogen-bond donors (Lipinski definition) is 2. The van der Waals surface area contributed by atoms with Crippen LogP contribution in [-0.4, -0.2) is 39.5 Å². The predicted molar refractivity (Wildman–Crippen MR) is 68.6 cm³/mol. The molecule has 1 rings (SSSR count). The maximum Gasteiger partial charge on any atom is 0.0534 e. The van der Waals surface area contributed by atoms with Crippen LogP contribution in [0, 0.1) is 0 Å². The molecule has 0 aliphatic carbocycles. The van der Waals surface area contributed by atoms with E-state index in [1.807, 2.05) is 10.9 Å². The number of thioether (sulfide) groups is 1. The molecular weight excluding hydrogens is 222 g/mol. The van der Waals surface area contributed by atoms with Gasteiger partial charge >= 0.3 is 0 Å². The Bertz CT molecular complexity index is 285. The Hall–Kier alpha value is -0.520. The highest BCUT2D eigenvalue weighted by Gasteiger charge is 2.07. The topological polar surface area (TPSA) is 50.1 Å². The van der Waals surface area contributed by atoms with E-state index in [1.165, 1.54) is 5.56 Å². The average molecular weight is 243 g/mol. The summed E-state index contributed by atoms with van der Waals surface area (Å²) in [6.07, 6.45) is 6.84. The Labute approximate surface area is 101 Å². The second-order valence-corrected chi connectivity index (χ2v) is 4.66. The maximum absolute atomic E-state index is 8.94. The Morgan fingerprint density at radius 3 is 3.00 bits per heavy atom. The number of aryl methyl sites for hydroxylation is 1. The minimum atomic E-state index is 0.243. The molecule has 0 aliphatic rings. The Morgan fingerprint density at radius 1 is 1.62 bits per heavy atom. The van der Waals surface area contributed by atoms with Crippen molar-refractivity contribution < 1.29 is 5.11 Å². The quantitative estimate of drug-likeness (QED) is 0.718. The Kier molecular flexibility index (Phi) is 6.52. The molecule has 1 aromatic heterocycles. The lowest BCUT2D eigenvalue weighted by Crippen LogP contribution is -2.31. The molecule has 0 amide bonds. The molecule has 1 unspecified atom stereocenters. The summed E-state index contributed by atoms with van der Waals surface area (Å²) < 4.78 is 1.92. The molecule has 4 nitrogen and oxygen atoms in total. The third kappa shape index (κ3) is 4.55. The highest BCUT2D eigenvalue weighted by atomic mass is 32.2. The van der Waals surface area contributed by atoms with E-state index in [-0.39, 0.29) is 6.61 Å². The number of nitrogens with one attached hydrogen (secondary N) is 1. The normalized spacial score (nSPS) is 12.9. The molecular formula is C11H21N3OS. The molecule has 5 heteroatoms. The van der Waals surface area contributed by atoms with E-state index in [0.717, 1.165) is 25.3 Å². The molecule has 16 heavy (non-hydrogen) atoms. The first-order valence-electron chi connectivity index (χ1n) is 5.64. The van der Waals surface area contributed by atoms with Crippen LogP contribution in [-0.2, 0) is 13.1 Å². The van der Waals surface area contributed by atoms with Gasteiger partial charge in [-0.15, -0.1) is 0 Å². The predicted octanol–water partition coefficient (Wildman–Crippen LogP) is 1.11. The summed E-state index contributed by atoms with van der Waals surface area (Å²) in [6, 6.07) is 0.380. The Balaban J connectivity index is 2.35. The molecule has 0 bridgehead atoms. The summed E-state index contributed by atoms with van der Waals surface area (Å²) in [7, 11) is 0. The molecule has 0 radical (unpaired) electrons. The summed E-state index contributed by atoms with van der Waals surface area (Å²) in [5.74, 6) is 1.03. The molecule has 0 saturated carbocycles. The van der Waals surface area contributed by atoms with Crippen molar-refractivity contribution in [2.45, 2.75) is 32.5 Å². The number of hydrogen-bond acceptors (Lipinski definition) is 4. The highest BCUT2D eigenvalue weighted by molar-refractivity contribution is 7.98. The first-order valence-corrected chi connectivity index (χ1v) is 7.04. The number of rotatable bonds is 8. The van der Waals surface area contributed by atoms with E-state index < -0.39 is 0 Å². The molecule has 2 N–H and O–H groups in total. The van der Waals surface area contributed by atoms with Crippen molar-refractivity contribution in [3.05, 3.63) is 18.0 Å². The van der Waals surface area contributed by atoms with Crippen LogP contribution >= 0.6 is 11.8 Å². The van der Waals surface area contributed by atoms with Gasteiger partial charge in [-0.3, -0.25) is 4.68 Å². The number of aromatic nitrogens is 2. The van der Waals surface area contributed by atoms with E-state index in [2.05, 4.69) is 29.8 Å². The van der Waals surface area contributed by atoms with Crippen molar-refractivity contribution in [3.63, 3.8) is 0 Å². The molecule has 1 heterocycles. The van der Waals surface area contributed by atoms with Crippen LogP contribution in [0.3, 0.4) is 0 Å². The lowest BCUT2D eigenvalue weighted by Gasteiger charge is -2.15. The van der Waals surface area contributed by atoms with E-state index in [1.54, 1.807) is 11.8 Å². The van der Waals surface area contributed by atoms with Gasteiger partial charge < -0.3 is 10.4 Å². The van der Waals surface area contributed by atoms with Crippen LogP contribution in [0.1, 0.15) is 18.9 Å². The van der Waals surface area contributed by atoms with Gasteiger partial charge in [0.05, 0.1) is 6.20 Å². The van der Waals surface area contributed by atoms with Gasteiger partial charge in [0.15, 0.2) is 0 Å². The Morgan fingerprint density at radius 2 is 2.44 bits per heavy atom. The fourth-order valence-corrected chi connectivity index (χ4v) is 2.22. The lowest BCUT2D eigenvalue weighted by atomic mass is 10.2. The number of aliphatic hydroxyl groups is 1. The van der Waals surface area contributed by atoms with Gasteiger partial charge in [-0.05, 0) is 19.6 Å². The monoisotopic (exact) mass is 243 g/mol. The minimum Gasteiger partial charge on any atom is -0.396 e. The molecule has 0 fully saturated rings. The van der Waals surface area contributed by atoms with Crippen LogP contribution in [0.25, 0.3) is 0 Å². The van der Waals surface area contributed by atoms with Gasteiger partial charge in [0.25, 0.3) is 0 Å². The standard InChI is InChI=1S/C11H21N3OS/c1-3-14-8-10(7-13-14)6-12-11(4-5-15)9-16-2/h7-8,11-12,15H,3-6,9H2,1-2H3. The number of aliphatic hydroxyl groups excluding tert-OH is 1. The van der Waals surface area contributed by atoms with Crippen LogP contribution in [0.15, 0.2) is 12.4 Å². The van der Waals surface area contributed by atoms with Gasteiger partial charge in [-0.25, -0.2) is 0 Å². The summed E-state index contributed by atoms with van der Waals surface area (Å²) in [5, 5.41) is 16.6. The minimum absolute atomic E-state index is 0.243. The van der Waals surface area contributed by atoms with E-state index in [0.29, 0.717) is 6.04 Å². The van der Waals surface area contributed by atoms with Gasteiger partial charge in [0.1, 0.15) is 0 Å². The first kappa shape index (κ1) is 13.5. The fraction of sp³-hybridized carbons (Fsp3) is 0.727. The van der Waals surface area contributed by atoms with Crippen molar-refractivity contribution >= 4 is 11.8 Å². The zero-order chi connectivity index (χ0) is 11.8. The van der Waals surface area contributed by atoms with E-state index in [9.17, 15) is 0 Å². The zero-order valence-corrected chi connectivity index (χ0v) is 10.8. The lowest BCUT2D eigenvalue weighted by molar-refractivity contribution is 0.270. The SMILES string of the molecule is CCn1cc(CNC(CCO)CSC)cn1. The first-order chi connectivity index (χ1) is 7.80. The van der Waals surface area contributed by atoms with Crippen LogP contribution in [0.5, 0.6) is 0 Å². The summed E-state index contributed by atoms with van der Waals surface area (Å²) in [5.41, 5.74) is 1.20. The molecule has 92 valence electrons. The summed E-state index contributed by atoms with van der Waals surface area (Å²) in [6.45, 7) is 4.05. The van der Waals surface area contributed by atoms with Crippen molar-refractivity contribution in [1.82, 2.24) is 15.1 Å². The molecule has 0 spiro atoms. The fourth-order valence-electron chi connectivity index (χ4n) is 1.53. The smallest absolute Gasteiger partial charge is 0.0534 e. The van der Waals surface area contributed by atoms with Crippen LogP contribution < -0.4 is 5.32 Å². The van der Waals surface area contributed by atoms with E-state index in [4.69, 9.17) is 5.11 Å². The van der Waals surface area contributed by atoms with Crippen molar-refractivity contribution in [2.24, 2.45) is 0 Å². The second-order valence-electron chi connectivity index (χ2n) is 3.75. The largest absolute Gasteiger partial charge is 0.396 e. The van der Waals surface area contributed by atoms with Crippen molar-refractivity contribution in [2.75, 3.05) is 18.6 Å². The molecule has 0 aromatic carbocycles. The van der Waals surface area contributed by atoms with Gasteiger partial charge in [-0.1, -0.05) is 0 Å². The molecule has 0 aliphatic heterocycles. The third-order valence-corrected chi connectivity index (χ3v) is 3.19. The van der Waals surface area contributed by atoms with Crippen LogP contribution in [0.4, 0.5) is 0 Å². The summed E-state index contributed by atoms with van der Waals surface area (Å²) in [4.78, 5) is 0. The maximum atomic E-state index is 8.94. The average Bonchev–Trinajstić information content (AvgIpc) is 2.74. The van der Waals surface area contributed by atoms with Gasteiger partial charge in [0, 0.05) is 43.3 Å². The van der Waals surface area contributed by atoms with Gasteiger partial charge in [0.2, 0.25) is 0 Å².